The minimum atomic E-state index is -4.89. The molecule has 0 spiro atoms. The molecule has 2 aromatic carbocycles. The first-order valence-corrected chi connectivity index (χ1v) is 7.63. The Bertz CT molecular complexity index is 867. The first-order chi connectivity index (χ1) is 12.6. The van der Waals surface area contributed by atoms with E-state index in [2.05, 4.69) is 9.47 Å². The van der Waals surface area contributed by atoms with Gasteiger partial charge in [-0.1, -0.05) is 11.6 Å². The lowest BCUT2D eigenvalue weighted by molar-refractivity contribution is -0.274. The molecule has 0 bridgehead atoms. The Morgan fingerprint density at radius 1 is 1.07 bits per heavy atom. The van der Waals surface area contributed by atoms with Gasteiger partial charge in [0.05, 0.1) is 19.2 Å². The molecule has 0 aliphatic carbocycles. The molecule has 2 aromatic rings. The quantitative estimate of drug-likeness (QED) is 0.498. The zero-order chi connectivity index (χ0) is 20.4. The fourth-order valence-electron chi connectivity index (χ4n) is 2.12. The maximum absolute atomic E-state index is 14.5. The van der Waals surface area contributed by atoms with Crippen molar-refractivity contribution >= 4 is 17.6 Å². The highest BCUT2D eigenvalue weighted by molar-refractivity contribution is 6.31. The molecule has 0 heterocycles. The Morgan fingerprint density at radius 2 is 1.74 bits per heavy atom. The van der Waals surface area contributed by atoms with Crippen LogP contribution in [0.1, 0.15) is 15.9 Å². The van der Waals surface area contributed by atoms with Gasteiger partial charge < -0.3 is 18.9 Å². The molecule has 0 aromatic heterocycles. The number of methoxy groups -OCH3 is 2. The molecule has 0 aliphatic rings. The molecule has 27 heavy (non-hydrogen) atoms. The number of hydrogen-bond donors (Lipinski definition) is 0. The van der Waals surface area contributed by atoms with Gasteiger partial charge in [-0.3, -0.25) is 0 Å². The van der Waals surface area contributed by atoms with E-state index in [1.54, 1.807) is 0 Å². The normalized spacial score (nSPS) is 11.1. The fraction of sp³-hybridized carbons (Fsp3) is 0.235. The molecule has 0 unspecified atom stereocenters. The van der Waals surface area contributed by atoms with Crippen molar-refractivity contribution in [2.45, 2.75) is 13.3 Å². The lowest BCUT2D eigenvalue weighted by Crippen LogP contribution is -2.17. The first-order valence-electron chi connectivity index (χ1n) is 7.26. The third-order valence-electron chi connectivity index (χ3n) is 3.39. The molecular formula is C17H13ClF4O5. The van der Waals surface area contributed by atoms with Gasteiger partial charge >= 0.3 is 12.3 Å². The average Bonchev–Trinajstić information content (AvgIpc) is 2.59. The van der Waals surface area contributed by atoms with E-state index >= 15 is 0 Å². The highest BCUT2D eigenvalue weighted by Gasteiger charge is 2.31. The molecule has 0 fully saturated rings. The summed E-state index contributed by atoms with van der Waals surface area (Å²) >= 11 is 5.93. The summed E-state index contributed by atoms with van der Waals surface area (Å²) in [5, 5.41) is -0.0221. The van der Waals surface area contributed by atoms with E-state index in [0.717, 1.165) is 25.3 Å². The van der Waals surface area contributed by atoms with Crippen molar-refractivity contribution in [3.05, 3.63) is 46.2 Å². The molecule has 0 aliphatic heterocycles. The second-order valence-corrected chi connectivity index (χ2v) is 5.53. The van der Waals surface area contributed by atoms with Crippen molar-refractivity contribution in [2.75, 3.05) is 14.2 Å². The number of esters is 1. The smallest absolute Gasteiger partial charge is 0.493 e. The average molecular weight is 409 g/mol. The van der Waals surface area contributed by atoms with Gasteiger partial charge in [-0.05, 0) is 19.1 Å². The molecule has 10 heteroatoms. The van der Waals surface area contributed by atoms with Crippen molar-refractivity contribution in [3.63, 3.8) is 0 Å². The van der Waals surface area contributed by atoms with Crippen LogP contribution in [-0.2, 0) is 4.74 Å². The Hall–Kier alpha value is -2.68. The number of benzene rings is 2. The molecule has 5 nitrogen and oxygen atoms in total. The van der Waals surface area contributed by atoms with Crippen molar-refractivity contribution in [1.29, 1.82) is 0 Å². The van der Waals surface area contributed by atoms with Gasteiger partial charge in [-0.25, -0.2) is 9.18 Å². The summed E-state index contributed by atoms with van der Waals surface area (Å²) < 4.78 is 70.2. The van der Waals surface area contributed by atoms with Crippen LogP contribution in [0.3, 0.4) is 0 Å². The number of rotatable bonds is 5. The summed E-state index contributed by atoms with van der Waals surface area (Å²) in [6, 6.07) is 4.18. The lowest BCUT2D eigenvalue weighted by Gasteiger charge is -2.16. The van der Waals surface area contributed by atoms with Crippen molar-refractivity contribution < 1.29 is 41.3 Å². The second-order valence-electron chi connectivity index (χ2n) is 5.12. The minimum Gasteiger partial charge on any atom is -0.493 e. The van der Waals surface area contributed by atoms with Crippen LogP contribution < -0.4 is 14.2 Å². The number of carbonyl (C=O) groups excluding carboxylic acids is 1. The molecule has 2 rings (SSSR count). The third-order valence-corrected chi connectivity index (χ3v) is 3.78. The summed E-state index contributed by atoms with van der Waals surface area (Å²) in [5.74, 6) is -3.05. The standard InChI is InChI=1S/C17H13ClF4O5/c1-8-10(18)7-13(14(15(8)19)16(23)25-3)26-11-5-4-9(6-12(11)24-2)27-17(20,21)22/h4-7H,1-3H3. The van der Waals surface area contributed by atoms with Crippen LogP contribution in [0.2, 0.25) is 5.02 Å². The van der Waals surface area contributed by atoms with Gasteiger partial charge in [-0.15, -0.1) is 13.2 Å². The largest absolute Gasteiger partial charge is 0.573 e. The molecule has 0 saturated heterocycles. The summed E-state index contributed by atoms with van der Waals surface area (Å²) in [7, 11) is 2.24. The summed E-state index contributed by atoms with van der Waals surface area (Å²) in [4.78, 5) is 11.9. The van der Waals surface area contributed by atoms with Crippen LogP contribution in [0.25, 0.3) is 0 Å². The summed E-state index contributed by atoms with van der Waals surface area (Å²) in [6.07, 6.45) is -4.89. The highest BCUT2D eigenvalue weighted by atomic mass is 35.5. The fourth-order valence-corrected chi connectivity index (χ4v) is 2.30. The van der Waals surface area contributed by atoms with Crippen LogP contribution in [0.5, 0.6) is 23.0 Å². The SMILES string of the molecule is COC(=O)c1c(Oc2ccc(OC(F)(F)F)cc2OC)cc(Cl)c(C)c1F. The van der Waals surface area contributed by atoms with Gasteiger partial charge in [0.2, 0.25) is 0 Å². The molecule has 0 amide bonds. The third kappa shape index (κ3) is 4.73. The van der Waals surface area contributed by atoms with Crippen LogP contribution >= 0.6 is 11.6 Å². The predicted octanol–water partition coefficient (Wildman–Crippen LogP) is 5.27. The van der Waals surface area contributed by atoms with E-state index in [0.29, 0.717) is 0 Å². The van der Waals surface area contributed by atoms with Gasteiger partial charge in [0.25, 0.3) is 0 Å². The zero-order valence-corrected chi connectivity index (χ0v) is 15.0. The Morgan fingerprint density at radius 3 is 2.30 bits per heavy atom. The number of ether oxygens (including phenoxy) is 4. The maximum atomic E-state index is 14.5. The van der Waals surface area contributed by atoms with E-state index in [-0.39, 0.29) is 27.8 Å². The van der Waals surface area contributed by atoms with E-state index in [4.69, 9.17) is 21.1 Å². The monoisotopic (exact) mass is 408 g/mol. The van der Waals surface area contributed by atoms with Crippen LogP contribution in [0.4, 0.5) is 17.6 Å². The maximum Gasteiger partial charge on any atom is 0.573 e. The van der Waals surface area contributed by atoms with Gasteiger partial charge in [0.1, 0.15) is 22.9 Å². The predicted molar refractivity (Wildman–Crippen MR) is 87.2 cm³/mol. The van der Waals surface area contributed by atoms with Crippen molar-refractivity contribution in [3.8, 4) is 23.0 Å². The Kier molecular flexibility index (Phi) is 6.04. The molecular weight excluding hydrogens is 396 g/mol. The second kappa shape index (κ2) is 7.91. The van der Waals surface area contributed by atoms with Crippen LogP contribution in [-0.4, -0.2) is 26.6 Å². The van der Waals surface area contributed by atoms with Crippen LogP contribution in [0, 0.1) is 12.7 Å². The molecule has 146 valence electrons. The Labute approximate surface area is 156 Å². The topological polar surface area (TPSA) is 54.0 Å². The molecule has 0 radical (unpaired) electrons. The summed E-state index contributed by atoms with van der Waals surface area (Å²) in [5.41, 5.74) is -0.512. The lowest BCUT2D eigenvalue weighted by atomic mass is 10.1. The molecule has 0 saturated carbocycles. The van der Waals surface area contributed by atoms with E-state index < -0.39 is 29.5 Å². The van der Waals surface area contributed by atoms with E-state index in [9.17, 15) is 22.4 Å². The van der Waals surface area contributed by atoms with Crippen LogP contribution in [0.15, 0.2) is 24.3 Å². The van der Waals surface area contributed by atoms with Gasteiger partial charge in [0, 0.05) is 17.7 Å². The Balaban J connectivity index is 2.49. The first kappa shape index (κ1) is 20.6. The molecule has 0 atom stereocenters. The zero-order valence-electron chi connectivity index (χ0n) is 14.2. The number of carbonyl (C=O) groups is 1. The summed E-state index contributed by atoms with van der Waals surface area (Å²) in [6.45, 7) is 1.36. The minimum absolute atomic E-state index is 0.00491. The number of halogens is 5. The number of alkyl halides is 3. The highest BCUT2D eigenvalue weighted by Crippen LogP contribution is 2.39. The van der Waals surface area contributed by atoms with Gasteiger partial charge in [-0.2, -0.15) is 0 Å². The number of hydrogen-bond acceptors (Lipinski definition) is 5. The van der Waals surface area contributed by atoms with Crippen molar-refractivity contribution in [1.82, 2.24) is 0 Å². The molecule has 0 N–H and O–H groups in total. The van der Waals surface area contributed by atoms with E-state index in [1.807, 2.05) is 0 Å². The van der Waals surface area contributed by atoms with E-state index in [1.165, 1.54) is 20.1 Å². The van der Waals surface area contributed by atoms with Crippen molar-refractivity contribution in [2.24, 2.45) is 0 Å². The van der Waals surface area contributed by atoms with Gasteiger partial charge in [0.15, 0.2) is 11.5 Å².